The number of sulfonamides is 1. The Labute approximate surface area is 128 Å². The third-order valence-electron chi connectivity index (χ3n) is 2.87. The zero-order valence-corrected chi connectivity index (χ0v) is 12.9. The van der Waals surface area contributed by atoms with Crippen LogP contribution in [0.4, 0.5) is 5.69 Å². The summed E-state index contributed by atoms with van der Waals surface area (Å²) in [4.78, 5) is -0.0157. The molecule has 0 aliphatic rings. The first-order chi connectivity index (χ1) is 9.97. The van der Waals surface area contributed by atoms with Gasteiger partial charge in [-0.05, 0) is 29.8 Å². The molecular weight excluding hydrogens is 312 g/mol. The summed E-state index contributed by atoms with van der Waals surface area (Å²) in [6.45, 7) is 0.231. The number of ether oxygens (including phenoxy) is 1. The van der Waals surface area contributed by atoms with Gasteiger partial charge in [-0.3, -0.25) is 4.72 Å². The largest absolute Gasteiger partial charge is 0.495 e. The lowest BCUT2D eigenvalue weighted by atomic mass is 10.2. The Morgan fingerprint density at radius 3 is 2.62 bits per heavy atom. The van der Waals surface area contributed by atoms with Crippen molar-refractivity contribution in [1.29, 1.82) is 0 Å². The zero-order chi connectivity index (χ0) is 15.5. The summed E-state index contributed by atoms with van der Waals surface area (Å²) < 4.78 is 32.5. The van der Waals surface area contributed by atoms with Crippen LogP contribution in [0.25, 0.3) is 0 Å². The predicted octanol–water partition coefficient (Wildman–Crippen LogP) is 2.61. The second kappa shape index (κ2) is 6.34. The molecule has 7 heteroatoms. The molecule has 0 saturated carbocycles. The molecule has 0 bridgehead atoms. The van der Waals surface area contributed by atoms with Crippen molar-refractivity contribution in [3.8, 4) is 5.75 Å². The van der Waals surface area contributed by atoms with Crippen LogP contribution in [0.1, 0.15) is 5.56 Å². The van der Waals surface area contributed by atoms with Crippen LogP contribution in [0.3, 0.4) is 0 Å². The average molecular weight is 327 g/mol. The molecule has 21 heavy (non-hydrogen) atoms. The molecule has 2 aromatic carbocycles. The highest BCUT2D eigenvalue weighted by molar-refractivity contribution is 7.92. The Bertz CT molecular complexity index is 748. The van der Waals surface area contributed by atoms with E-state index in [-0.39, 0.29) is 16.5 Å². The Kier molecular flexibility index (Phi) is 4.72. The van der Waals surface area contributed by atoms with E-state index in [0.717, 1.165) is 0 Å². The van der Waals surface area contributed by atoms with Crippen molar-refractivity contribution in [2.75, 3.05) is 11.8 Å². The molecule has 0 saturated heterocycles. The van der Waals surface area contributed by atoms with Crippen LogP contribution >= 0.6 is 11.6 Å². The van der Waals surface area contributed by atoms with Gasteiger partial charge in [0.15, 0.2) is 0 Å². The van der Waals surface area contributed by atoms with Crippen LogP contribution in [-0.2, 0) is 16.6 Å². The van der Waals surface area contributed by atoms with Gasteiger partial charge < -0.3 is 10.5 Å². The summed E-state index contributed by atoms with van der Waals surface area (Å²) in [6.07, 6.45) is 0. The number of nitrogens with one attached hydrogen (secondary N) is 1. The first-order valence-corrected chi connectivity index (χ1v) is 7.98. The standard InChI is InChI=1S/C14H15ClN2O3S/c1-20-13-5-3-2-4-12(13)17-21(18,19)14-8-10(9-16)6-7-11(14)15/h2-8,17H,9,16H2,1H3. The molecule has 0 aromatic heterocycles. The van der Waals surface area contributed by atoms with Crippen LogP contribution in [-0.4, -0.2) is 15.5 Å². The molecule has 0 aliphatic carbocycles. The van der Waals surface area contributed by atoms with Gasteiger partial charge in [-0.2, -0.15) is 0 Å². The van der Waals surface area contributed by atoms with Gasteiger partial charge in [-0.25, -0.2) is 8.42 Å². The molecule has 0 aliphatic heterocycles. The average Bonchev–Trinajstić information content (AvgIpc) is 2.47. The van der Waals surface area contributed by atoms with E-state index in [0.29, 0.717) is 17.0 Å². The molecule has 0 radical (unpaired) electrons. The van der Waals surface area contributed by atoms with Crippen LogP contribution in [0.5, 0.6) is 5.75 Å². The molecule has 0 unspecified atom stereocenters. The fourth-order valence-corrected chi connectivity index (χ4v) is 3.43. The van der Waals surface area contributed by atoms with Gasteiger partial charge in [-0.15, -0.1) is 0 Å². The molecule has 112 valence electrons. The minimum atomic E-state index is -3.83. The van der Waals surface area contributed by atoms with Gasteiger partial charge in [0.1, 0.15) is 10.6 Å². The van der Waals surface area contributed by atoms with Crippen LogP contribution in [0.2, 0.25) is 5.02 Å². The van der Waals surface area contributed by atoms with Gasteiger partial charge in [0, 0.05) is 6.54 Å². The summed E-state index contributed by atoms with van der Waals surface area (Å²) in [5.74, 6) is 0.423. The monoisotopic (exact) mass is 326 g/mol. The van der Waals surface area contributed by atoms with Gasteiger partial charge in [0.05, 0.1) is 17.8 Å². The maximum absolute atomic E-state index is 12.5. The van der Waals surface area contributed by atoms with Crippen molar-refractivity contribution in [1.82, 2.24) is 0 Å². The number of benzene rings is 2. The summed E-state index contributed by atoms with van der Waals surface area (Å²) in [6, 6.07) is 11.4. The highest BCUT2D eigenvalue weighted by Crippen LogP contribution is 2.29. The van der Waals surface area contributed by atoms with Crippen LogP contribution in [0, 0.1) is 0 Å². The van der Waals surface area contributed by atoms with E-state index in [1.807, 2.05) is 0 Å². The third kappa shape index (κ3) is 3.47. The topological polar surface area (TPSA) is 81.4 Å². The van der Waals surface area contributed by atoms with Crippen molar-refractivity contribution >= 4 is 27.3 Å². The van der Waals surface area contributed by atoms with E-state index in [9.17, 15) is 8.42 Å². The van der Waals surface area contributed by atoms with Gasteiger partial charge in [-0.1, -0.05) is 29.8 Å². The molecule has 0 atom stereocenters. The molecule has 2 rings (SSSR count). The number of hydrogen-bond acceptors (Lipinski definition) is 4. The highest BCUT2D eigenvalue weighted by Gasteiger charge is 2.20. The van der Waals surface area contributed by atoms with E-state index in [1.54, 1.807) is 30.3 Å². The van der Waals surface area contributed by atoms with Gasteiger partial charge in [0.25, 0.3) is 10.0 Å². The molecule has 0 spiro atoms. The van der Waals surface area contributed by atoms with E-state index in [1.165, 1.54) is 19.2 Å². The van der Waals surface area contributed by atoms with E-state index in [2.05, 4.69) is 4.72 Å². The van der Waals surface area contributed by atoms with Crippen molar-refractivity contribution < 1.29 is 13.2 Å². The number of rotatable bonds is 5. The third-order valence-corrected chi connectivity index (χ3v) is 4.72. The molecule has 0 fully saturated rings. The fourth-order valence-electron chi connectivity index (χ4n) is 1.81. The minimum Gasteiger partial charge on any atom is -0.495 e. The van der Waals surface area contributed by atoms with E-state index >= 15 is 0 Å². The minimum absolute atomic E-state index is 0.0157. The maximum atomic E-state index is 12.5. The Morgan fingerprint density at radius 1 is 1.24 bits per heavy atom. The van der Waals surface area contributed by atoms with Crippen molar-refractivity contribution in [3.05, 3.63) is 53.1 Å². The lowest BCUT2D eigenvalue weighted by molar-refractivity contribution is 0.417. The summed E-state index contributed by atoms with van der Waals surface area (Å²) in [5.41, 5.74) is 6.55. The van der Waals surface area contributed by atoms with Crippen LogP contribution in [0.15, 0.2) is 47.4 Å². The molecule has 3 N–H and O–H groups in total. The van der Waals surface area contributed by atoms with E-state index in [4.69, 9.17) is 22.1 Å². The van der Waals surface area contributed by atoms with E-state index < -0.39 is 10.0 Å². The van der Waals surface area contributed by atoms with Crippen molar-refractivity contribution in [3.63, 3.8) is 0 Å². The van der Waals surface area contributed by atoms with Gasteiger partial charge in [0.2, 0.25) is 0 Å². The number of hydrogen-bond donors (Lipinski definition) is 2. The smallest absolute Gasteiger partial charge is 0.263 e. The second-order valence-electron chi connectivity index (χ2n) is 4.27. The number of halogens is 1. The molecule has 0 heterocycles. The zero-order valence-electron chi connectivity index (χ0n) is 11.3. The summed E-state index contributed by atoms with van der Waals surface area (Å²) in [7, 11) is -2.36. The summed E-state index contributed by atoms with van der Waals surface area (Å²) in [5, 5.41) is 0.134. The van der Waals surface area contributed by atoms with Gasteiger partial charge >= 0.3 is 0 Å². The van der Waals surface area contributed by atoms with Crippen molar-refractivity contribution in [2.45, 2.75) is 11.4 Å². The predicted molar refractivity (Wildman–Crippen MR) is 83.1 cm³/mol. The maximum Gasteiger partial charge on any atom is 0.263 e. The lowest BCUT2D eigenvalue weighted by Crippen LogP contribution is -2.14. The van der Waals surface area contributed by atoms with Crippen LogP contribution < -0.4 is 15.2 Å². The molecule has 5 nitrogen and oxygen atoms in total. The highest BCUT2D eigenvalue weighted by atomic mass is 35.5. The normalized spacial score (nSPS) is 11.2. The lowest BCUT2D eigenvalue weighted by Gasteiger charge is -2.13. The first-order valence-electron chi connectivity index (χ1n) is 6.12. The second-order valence-corrected chi connectivity index (χ2v) is 6.33. The first kappa shape index (κ1) is 15.6. The number of anilines is 1. The van der Waals surface area contributed by atoms with Crippen molar-refractivity contribution in [2.24, 2.45) is 5.73 Å². The number of methoxy groups -OCH3 is 1. The Morgan fingerprint density at radius 2 is 1.95 bits per heavy atom. The number of para-hydroxylation sites is 2. The molecule has 2 aromatic rings. The molecular formula is C14H15ClN2O3S. The SMILES string of the molecule is COc1ccccc1NS(=O)(=O)c1cc(CN)ccc1Cl. The Balaban J connectivity index is 2.43. The Hall–Kier alpha value is -1.76. The fraction of sp³-hybridized carbons (Fsp3) is 0.143. The summed E-state index contributed by atoms with van der Waals surface area (Å²) >= 11 is 5.99. The quantitative estimate of drug-likeness (QED) is 0.885. The number of nitrogens with two attached hydrogens (primary N) is 1. The molecule has 0 amide bonds.